The van der Waals surface area contributed by atoms with Gasteiger partial charge in [0.1, 0.15) is 33.5 Å². The Bertz CT molecular complexity index is 1690. The number of amides is 1. The van der Waals surface area contributed by atoms with Crippen LogP contribution in [-0.4, -0.2) is 50.3 Å². The quantitative estimate of drug-likeness (QED) is 0.271. The van der Waals surface area contributed by atoms with E-state index in [4.69, 9.17) is 14.7 Å². The lowest BCUT2D eigenvalue weighted by molar-refractivity contribution is -0.123. The van der Waals surface area contributed by atoms with E-state index >= 15 is 0 Å². The summed E-state index contributed by atoms with van der Waals surface area (Å²) < 4.78 is 28.0. The molecule has 0 aliphatic carbocycles. The van der Waals surface area contributed by atoms with Crippen LogP contribution in [0.2, 0.25) is 0 Å². The van der Waals surface area contributed by atoms with E-state index in [1.807, 2.05) is 6.07 Å². The van der Waals surface area contributed by atoms with E-state index < -0.39 is 35.1 Å². The van der Waals surface area contributed by atoms with Crippen molar-refractivity contribution in [2.75, 3.05) is 20.3 Å². The van der Waals surface area contributed by atoms with Gasteiger partial charge in [0.25, 0.3) is 5.56 Å². The summed E-state index contributed by atoms with van der Waals surface area (Å²) in [4.78, 5) is 42.2. The van der Waals surface area contributed by atoms with E-state index in [2.05, 4.69) is 15.5 Å². The molecule has 3 heterocycles. The maximum Gasteiger partial charge on any atom is 0.332 e. The number of fused-ring (bicyclic) bond motifs is 1. The van der Waals surface area contributed by atoms with Crippen LogP contribution in [0.1, 0.15) is 43.5 Å². The maximum absolute atomic E-state index is 14.4. The summed E-state index contributed by atoms with van der Waals surface area (Å²) in [5.74, 6) is -0.723. The van der Waals surface area contributed by atoms with E-state index in [-0.39, 0.29) is 25.0 Å². The van der Waals surface area contributed by atoms with Gasteiger partial charge in [-0.1, -0.05) is 11.3 Å². The van der Waals surface area contributed by atoms with E-state index in [9.17, 15) is 18.8 Å². The second-order valence-electron chi connectivity index (χ2n) is 8.82. The molecule has 0 aliphatic rings. The molecule has 1 amide bonds. The number of aryl methyl sites for hydroxylation is 1. The van der Waals surface area contributed by atoms with Crippen LogP contribution in [0.5, 0.6) is 5.75 Å². The molecule has 0 fully saturated rings. The molecule has 3 aromatic heterocycles. The van der Waals surface area contributed by atoms with Crippen molar-refractivity contribution in [3.8, 4) is 16.8 Å². The molecule has 0 spiro atoms. The molecule has 2 unspecified atom stereocenters. The van der Waals surface area contributed by atoms with Crippen LogP contribution in [0, 0.1) is 24.1 Å². The number of methoxy groups -OCH3 is 1. The van der Waals surface area contributed by atoms with Crippen molar-refractivity contribution in [3.05, 3.63) is 68.4 Å². The van der Waals surface area contributed by atoms with E-state index in [1.165, 1.54) is 54.0 Å². The molecule has 1 N–H and O–H groups in total. The van der Waals surface area contributed by atoms with Crippen molar-refractivity contribution in [1.29, 1.82) is 5.26 Å². The summed E-state index contributed by atoms with van der Waals surface area (Å²) in [6.45, 7) is 5.06. The number of benzene rings is 1. The Hall–Kier alpha value is -4.35. The number of carbonyl (C=O) groups is 1. The molecular weight excluding hydrogens is 541 g/mol. The molecule has 0 saturated heterocycles. The van der Waals surface area contributed by atoms with Crippen LogP contribution in [0.4, 0.5) is 4.39 Å². The largest absolute Gasteiger partial charge is 0.496 e. The summed E-state index contributed by atoms with van der Waals surface area (Å²) in [5, 5.41) is 20.8. The average molecular weight is 570 g/mol. The van der Waals surface area contributed by atoms with Crippen molar-refractivity contribution in [2.45, 2.75) is 45.9 Å². The van der Waals surface area contributed by atoms with Gasteiger partial charge in [0.2, 0.25) is 5.91 Å². The fourth-order valence-electron chi connectivity index (χ4n) is 4.42. The number of carbonyl (C=O) groups excluding carboxylic acids is 1. The number of aromatic nitrogens is 5. The molecule has 40 heavy (non-hydrogen) atoms. The SMILES string of the molecule is CCNC(=O)C(C)n1c(=O)c2c(C)c(-n3nccn3)sc2n(CC(OCCC#N)c2cc(F)ccc2OC)c1=O. The van der Waals surface area contributed by atoms with Crippen LogP contribution < -0.4 is 21.3 Å². The fraction of sp³-hybridized carbons (Fsp3) is 0.385. The Morgan fingerprint density at radius 2 is 2.00 bits per heavy atom. The number of ether oxygens (including phenoxy) is 2. The van der Waals surface area contributed by atoms with Gasteiger partial charge in [-0.15, -0.1) is 4.80 Å². The first-order chi connectivity index (χ1) is 19.2. The zero-order valence-electron chi connectivity index (χ0n) is 22.4. The highest BCUT2D eigenvalue weighted by Gasteiger charge is 2.28. The van der Waals surface area contributed by atoms with Crippen molar-refractivity contribution in [3.63, 3.8) is 0 Å². The average Bonchev–Trinajstić information content (AvgIpc) is 3.58. The van der Waals surface area contributed by atoms with Crippen molar-refractivity contribution in [1.82, 2.24) is 29.4 Å². The van der Waals surface area contributed by atoms with Gasteiger partial charge in [-0.05, 0) is 39.0 Å². The number of halogens is 1. The second kappa shape index (κ2) is 12.2. The first kappa shape index (κ1) is 28.7. The molecule has 0 saturated carbocycles. The number of hydrogen-bond acceptors (Lipinski definition) is 9. The second-order valence-corrected chi connectivity index (χ2v) is 9.80. The molecule has 0 aliphatic heterocycles. The summed E-state index contributed by atoms with van der Waals surface area (Å²) in [7, 11) is 1.42. The van der Waals surface area contributed by atoms with Gasteiger partial charge in [-0.3, -0.25) is 14.2 Å². The predicted molar refractivity (Wildman–Crippen MR) is 145 cm³/mol. The maximum atomic E-state index is 14.4. The Kier molecular flexibility index (Phi) is 8.76. The van der Waals surface area contributed by atoms with Gasteiger partial charge in [-0.25, -0.2) is 13.8 Å². The summed E-state index contributed by atoms with van der Waals surface area (Å²) in [6.07, 6.45) is 2.09. The Morgan fingerprint density at radius 1 is 1.27 bits per heavy atom. The highest BCUT2D eigenvalue weighted by atomic mass is 32.1. The van der Waals surface area contributed by atoms with Gasteiger partial charge < -0.3 is 14.8 Å². The summed E-state index contributed by atoms with van der Waals surface area (Å²) in [6, 6.07) is 4.79. The van der Waals surface area contributed by atoms with Gasteiger partial charge in [0.15, 0.2) is 0 Å². The van der Waals surface area contributed by atoms with Gasteiger partial charge in [0.05, 0.1) is 50.5 Å². The zero-order valence-corrected chi connectivity index (χ0v) is 23.2. The van der Waals surface area contributed by atoms with Crippen molar-refractivity contribution in [2.24, 2.45) is 0 Å². The molecule has 0 bridgehead atoms. The molecule has 4 rings (SSSR count). The van der Waals surface area contributed by atoms with Crippen LogP contribution >= 0.6 is 11.3 Å². The Balaban J connectivity index is 1.99. The van der Waals surface area contributed by atoms with Crippen LogP contribution in [0.15, 0.2) is 40.2 Å². The molecule has 0 radical (unpaired) electrons. The lowest BCUT2D eigenvalue weighted by Gasteiger charge is -2.23. The highest BCUT2D eigenvalue weighted by molar-refractivity contribution is 7.21. The van der Waals surface area contributed by atoms with Gasteiger partial charge >= 0.3 is 5.69 Å². The number of rotatable bonds is 11. The number of nitrogens with one attached hydrogen (secondary N) is 1. The standard InChI is InChI=1S/C26H28FN7O5S/c1-5-29-22(35)16(3)33-23(36)21-15(2)24(34-30-10-11-31-34)40-25(21)32(26(33)37)14-20(39-12-6-9-28)18-13-17(27)7-8-19(18)38-4/h7-8,10-11,13,16,20H,5-6,12,14H2,1-4H3,(H,29,35). The molecule has 4 aromatic rings. The first-order valence-corrected chi connectivity index (χ1v) is 13.3. The molecule has 14 heteroatoms. The lowest BCUT2D eigenvalue weighted by Crippen LogP contribution is -2.46. The number of nitrogens with zero attached hydrogens (tertiary/aromatic N) is 6. The molecule has 210 valence electrons. The summed E-state index contributed by atoms with van der Waals surface area (Å²) in [5.41, 5.74) is -0.538. The zero-order chi connectivity index (χ0) is 29.0. The number of hydrogen-bond donors (Lipinski definition) is 1. The first-order valence-electron chi connectivity index (χ1n) is 12.5. The van der Waals surface area contributed by atoms with Gasteiger partial charge in [-0.2, -0.15) is 15.5 Å². The topological polar surface area (TPSA) is 146 Å². The van der Waals surface area contributed by atoms with Crippen LogP contribution in [0.25, 0.3) is 15.2 Å². The van der Waals surface area contributed by atoms with E-state index in [0.717, 1.165) is 15.9 Å². The number of likely N-dealkylation sites (N-methyl/N-ethyl adjacent to an activating group) is 1. The van der Waals surface area contributed by atoms with E-state index in [0.29, 0.717) is 33.3 Å². The van der Waals surface area contributed by atoms with E-state index in [1.54, 1.807) is 13.8 Å². The minimum Gasteiger partial charge on any atom is -0.496 e. The van der Waals surface area contributed by atoms with Crippen LogP contribution in [-0.2, 0) is 16.1 Å². The third kappa shape index (κ3) is 5.38. The third-order valence-corrected chi connectivity index (χ3v) is 7.64. The number of nitriles is 1. The molecule has 1 aromatic carbocycles. The van der Waals surface area contributed by atoms with Gasteiger partial charge in [0, 0.05) is 17.7 Å². The normalized spacial score (nSPS) is 12.7. The molecular formula is C26H28FN7O5S. The number of thiophene rings is 1. The van der Waals surface area contributed by atoms with Crippen LogP contribution in [0.3, 0.4) is 0 Å². The minimum absolute atomic E-state index is 0.000396. The highest BCUT2D eigenvalue weighted by Crippen LogP contribution is 2.34. The van der Waals surface area contributed by atoms with Crippen molar-refractivity contribution < 1.29 is 18.7 Å². The molecule has 12 nitrogen and oxygen atoms in total. The summed E-state index contributed by atoms with van der Waals surface area (Å²) >= 11 is 1.13. The van der Waals surface area contributed by atoms with Crippen molar-refractivity contribution >= 4 is 27.5 Å². The Morgan fingerprint density at radius 3 is 2.65 bits per heavy atom. The molecule has 2 atom stereocenters. The smallest absolute Gasteiger partial charge is 0.332 e. The minimum atomic E-state index is -1.12. The predicted octanol–water partition coefficient (Wildman–Crippen LogP) is 2.63. The lowest BCUT2D eigenvalue weighted by atomic mass is 10.1. The monoisotopic (exact) mass is 569 g/mol. The third-order valence-electron chi connectivity index (χ3n) is 6.36. The fourth-order valence-corrected chi connectivity index (χ4v) is 5.64. The Labute approximate surface area is 232 Å².